The quantitative estimate of drug-likeness (QED) is 0.562. The number of likely N-dealkylation sites (tertiary alicyclic amines) is 1. The van der Waals surface area contributed by atoms with Gasteiger partial charge in [-0.1, -0.05) is 18.2 Å². The van der Waals surface area contributed by atoms with Crippen LogP contribution in [0, 0.1) is 5.41 Å². The molecule has 0 radical (unpaired) electrons. The molecule has 2 aliphatic heterocycles. The van der Waals surface area contributed by atoms with Crippen molar-refractivity contribution in [3.8, 4) is 0 Å². The van der Waals surface area contributed by atoms with Gasteiger partial charge in [-0.05, 0) is 52.2 Å². The maximum Gasteiger partial charge on any atom is 0.241 e. The van der Waals surface area contributed by atoms with Crippen LogP contribution in [-0.2, 0) is 21.3 Å². The molecule has 29 heavy (non-hydrogen) atoms. The Bertz CT molecular complexity index is 840. The van der Waals surface area contributed by atoms with E-state index in [0.29, 0.717) is 12.1 Å². The topological polar surface area (TPSA) is 83.0 Å². The van der Waals surface area contributed by atoms with Crippen molar-refractivity contribution >= 4 is 16.0 Å². The van der Waals surface area contributed by atoms with Crippen molar-refractivity contribution in [1.82, 2.24) is 14.9 Å². The van der Waals surface area contributed by atoms with E-state index >= 15 is 0 Å². The summed E-state index contributed by atoms with van der Waals surface area (Å²) < 4.78 is 34.1. The SMILES string of the molecule is CCNC(=NCc1ccccc1S(=O)(=O)NC(C)(C)C)N1CCC2(CCOC2)C1. The number of guanidine groups is 1. The van der Waals surface area contributed by atoms with Gasteiger partial charge < -0.3 is 15.0 Å². The number of hydrogen-bond donors (Lipinski definition) is 2. The fourth-order valence-electron chi connectivity index (χ4n) is 4.03. The third-order valence-corrected chi connectivity index (χ3v) is 7.22. The lowest BCUT2D eigenvalue weighted by Crippen LogP contribution is -2.41. The van der Waals surface area contributed by atoms with Crippen molar-refractivity contribution in [1.29, 1.82) is 0 Å². The Morgan fingerprint density at radius 1 is 1.28 bits per heavy atom. The second-order valence-electron chi connectivity index (χ2n) is 9.11. The Labute approximate surface area is 175 Å². The van der Waals surface area contributed by atoms with Crippen LogP contribution in [0.4, 0.5) is 0 Å². The highest BCUT2D eigenvalue weighted by Gasteiger charge is 2.42. The zero-order chi connectivity index (χ0) is 21.1. The molecule has 0 aromatic heterocycles. The van der Waals surface area contributed by atoms with E-state index in [-0.39, 0.29) is 10.3 Å². The van der Waals surface area contributed by atoms with Crippen LogP contribution in [0.15, 0.2) is 34.2 Å². The molecular weight excluding hydrogens is 388 g/mol. The number of hydrogen-bond acceptors (Lipinski definition) is 4. The Balaban J connectivity index is 1.80. The Kier molecular flexibility index (Phi) is 6.55. The zero-order valence-corrected chi connectivity index (χ0v) is 18.8. The smallest absolute Gasteiger partial charge is 0.241 e. The minimum atomic E-state index is -3.62. The minimum Gasteiger partial charge on any atom is -0.381 e. The lowest BCUT2D eigenvalue weighted by atomic mass is 9.87. The van der Waals surface area contributed by atoms with E-state index in [1.165, 1.54) is 0 Å². The molecule has 162 valence electrons. The highest BCUT2D eigenvalue weighted by atomic mass is 32.2. The zero-order valence-electron chi connectivity index (χ0n) is 18.0. The van der Waals surface area contributed by atoms with Crippen molar-refractivity contribution in [3.63, 3.8) is 0 Å². The second kappa shape index (κ2) is 8.62. The molecule has 0 bridgehead atoms. The normalized spacial score (nSPS) is 23.2. The molecule has 1 aromatic carbocycles. The van der Waals surface area contributed by atoms with Crippen LogP contribution in [0.25, 0.3) is 0 Å². The van der Waals surface area contributed by atoms with Crippen LogP contribution in [0.2, 0.25) is 0 Å². The molecule has 3 rings (SSSR count). The molecule has 0 saturated carbocycles. The summed E-state index contributed by atoms with van der Waals surface area (Å²) in [5, 5.41) is 3.37. The van der Waals surface area contributed by atoms with Gasteiger partial charge in [-0.2, -0.15) is 0 Å². The molecule has 1 unspecified atom stereocenters. The van der Waals surface area contributed by atoms with Crippen molar-refractivity contribution in [2.75, 3.05) is 32.8 Å². The summed E-state index contributed by atoms with van der Waals surface area (Å²) in [6.07, 6.45) is 2.21. The summed E-state index contributed by atoms with van der Waals surface area (Å²) >= 11 is 0. The van der Waals surface area contributed by atoms with E-state index in [1.807, 2.05) is 39.8 Å². The molecule has 8 heteroatoms. The summed E-state index contributed by atoms with van der Waals surface area (Å²) in [4.78, 5) is 7.36. The first-order chi connectivity index (χ1) is 13.6. The molecule has 1 atom stereocenters. The molecule has 2 saturated heterocycles. The van der Waals surface area contributed by atoms with Crippen molar-refractivity contribution in [2.45, 2.75) is 57.5 Å². The summed E-state index contributed by atoms with van der Waals surface area (Å²) in [6, 6.07) is 7.09. The number of rotatable bonds is 5. The predicted octanol–water partition coefficient (Wildman–Crippen LogP) is 2.34. The third-order valence-electron chi connectivity index (χ3n) is 5.36. The molecule has 0 aliphatic carbocycles. The van der Waals surface area contributed by atoms with Crippen LogP contribution in [0.3, 0.4) is 0 Å². The largest absolute Gasteiger partial charge is 0.381 e. The first-order valence-corrected chi connectivity index (χ1v) is 11.9. The molecule has 7 nitrogen and oxygen atoms in total. The van der Waals surface area contributed by atoms with Crippen LogP contribution < -0.4 is 10.0 Å². The average molecular weight is 423 g/mol. The number of sulfonamides is 1. The molecular formula is C21H34N4O3S. The minimum absolute atomic E-state index is 0.244. The number of benzene rings is 1. The van der Waals surface area contributed by atoms with E-state index in [9.17, 15) is 8.42 Å². The highest BCUT2D eigenvalue weighted by molar-refractivity contribution is 7.89. The van der Waals surface area contributed by atoms with Crippen molar-refractivity contribution in [2.24, 2.45) is 10.4 Å². The molecule has 1 aromatic rings. The lowest BCUT2D eigenvalue weighted by Gasteiger charge is -2.25. The van der Waals surface area contributed by atoms with E-state index < -0.39 is 15.6 Å². The molecule has 2 N–H and O–H groups in total. The van der Waals surface area contributed by atoms with Crippen LogP contribution in [0.1, 0.15) is 46.1 Å². The molecule has 2 heterocycles. The van der Waals surface area contributed by atoms with Gasteiger partial charge in [0.25, 0.3) is 0 Å². The summed E-state index contributed by atoms with van der Waals surface area (Å²) in [5.74, 6) is 0.840. The predicted molar refractivity (Wildman–Crippen MR) is 115 cm³/mol. The number of aliphatic imine (C=N–C) groups is 1. The monoisotopic (exact) mass is 422 g/mol. The van der Waals surface area contributed by atoms with Gasteiger partial charge in [0.2, 0.25) is 10.0 Å². The van der Waals surface area contributed by atoms with Gasteiger partial charge in [-0.25, -0.2) is 18.1 Å². The van der Waals surface area contributed by atoms with E-state index in [2.05, 4.69) is 14.9 Å². The maximum absolute atomic E-state index is 12.9. The molecule has 0 amide bonds. The summed E-state index contributed by atoms with van der Waals surface area (Å²) in [6.45, 7) is 12.2. The first kappa shape index (κ1) is 22.1. The molecule has 1 spiro atoms. The number of ether oxygens (including phenoxy) is 1. The standard InChI is InChI=1S/C21H34N4O3S/c1-5-22-19(25-12-10-21(15-25)11-13-28-16-21)23-14-17-8-6-7-9-18(17)29(26,27)24-20(2,3)4/h6-9,24H,5,10-16H2,1-4H3,(H,22,23). The van der Waals surface area contributed by atoms with Crippen LogP contribution in [-0.4, -0.2) is 57.7 Å². The summed E-state index contributed by atoms with van der Waals surface area (Å²) in [7, 11) is -3.62. The van der Waals surface area contributed by atoms with Gasteiger partial charge in [-0.3, -0.25) is 0 Å². The van der Waals surface area contributed by atoms with E-state index in [4.69, 9.17) is 9.73 Å². The maximum atomic E-state index is 12.9. The number of nitrogens with one attached hydrogen (secondary N) is 2. The fraction of sp³-hybridized carbons (Fsp3) is 0.667. The lowest BCUT2D eigenvalue weighted by molar-refractivity contribution is 0.156. The van der Waals surface area contributed by atoms with Gasteiger partial charge in [0.05, 0.1) is 18.0 Å². The first-order valence-electron chi connectivity index (χ1n) is 10.4. The van der Waals surface area contributed by atoms with Gasteiger partial charge >= 0.3 is 0 Å². The third kappa shape index (κ3) is 5.49. The fourth-order valence-corrected chi connectivity index (χ4v) is 5.68. The number of nitrogens with zero attached hydrogens (tertiary/aromatic N) is 2. The van der Waals surface area contributed by atoms with Crippen LogP contribution in [0.5, 0.6) is 0 Å². The van der Waals surface area contributed by atoms with E-state index in [0.717, 1.165) is 51.6 Å². The van der Waals surface area contributed by atoms with Crippen LogP contribution >= 0.6 is 0 Å². The van der Waals surface area contributed by atoms with Gasteiger partial charge in [-0.15, -0.1) is 0 Å². The Morgan fingerprint density at radius 2 is 2.03 bits per heavy atom. The molecule has 2 aliphatic rings. The second-order valence-corrected chi connectivity index (χ2v) is 10.8. The van der Waals surface area contributed by atoms with Gasteiger partial charge in [0.1, 0.15) is 0 Å². The summed E-state index contributed by atoms with van der Waals surface area (Å²) in [5.41, 5.74) is 0.392. The van der Waals surface area contributed by atoms with Crippen molar-refractivity contribution < 1.29 is 13.2 Å². The molecule has 2 fully saturated rings. The van der Waals surface area contributed by atoms with Crippen molar-refractivity contribution in [3.05, 3.63) is 29.8 Å². The van der Waals surface area contributed by atoms with Gasteiger partial charge in [0, 0.05) is 37.2 Å². The average Bonchev–Trinajstić information content (AvgIpc) is 3.27. The Morgan fingerprint density at radius 3 is 2.69 bits per heavy atom. The highest BCUT2D eigenvalue weighted by Crippen LogP contribution is 2.38. The van der Waals surface area contributed by atoms with Gasteiger partial charge in [0.15, 0.2) is 5.96 Å². The Hall–Kier alpha value is -1.64. The van der Waals surface area contributed by atoms with E-state index in [1.54, 1.807) is 12.1 Å².